The van der Waals surface area contributed by atoms with Crippen LogP contribution in [-0.2, 0) is 4.74 Å². The van der Waals surface area contributed by atoms with Crippen molar-refractivity contribution >= 4 is 29.9 Å². The van der Waals surface area contributed by atoms with Gasteiger partial charge in [-0.1, -0.05) is 33.1 Å². The van der Waals surface area contributed by atoms with Crippen LogP contribution >= 0.6 is 24.0 Å². The molecule has 5 heteroatoms. The Hall–Kier alpha value is -0.0400. The van der Waals surface area contributed by atoms with Crippen LogP contribution in [0.5, 0.6) is 0 Å². The van der Waals surface area contributed by atoms with E-state index in [0.717, 1.165) is 12.5 Å². The van der Waals surface area contributed by atoms with E-state index in [9.17, 15) is 0 Å². The van der Waals surface area contributed by atoms with Gasteiger partial charge in [-0.3, -0.25) is 4.99 Å². The Balaban J connectivity index is 0.00000361. The van der Waals surface area contributed by atoms with Gasteiger partial charge in [0.25, 0.3) is 0 Å². The van der Waals surface area contributed by atoms with Crippen LogP contribution in [0.3, 0.4) is 0 Å². The molecule has 120 valence electrons. The van der Waals surface area contributed by atoms with E-state index in [1.165, 1.54) is 32.1 Å². The molecule has 1 saturated carbocycles. The number of nitrogens with two attached hydrogens (primary N) is 1. The molecule has 1 unspecified atom stereocenters. The number of nitrogens with zero attached hydrogens (tertiary/aromatic N) is 1. The van der Waals surface area contributed by atoms with Gasteiger partial charge in [-0.2, -0.15) is 0 Å². The number of hydrogen-bond donors (Lipinski definition) is 2. The van der Waals surface area contributed by atoms with Gasteiger partial charge in [0.2, 0.25) is 0 Å². The average molecular weight is 397 g/mol. The Labute approximate surface area is 141 Å². The minimum Gasteiger partial charge on any atom is -0.383 e. The van der Waals surface area contributed by atoms with E-state index in [-0.39, 0.29) is 35.4 Å². The van der Waals surface area contributed by atoms with Crippen LogP contribution in [0, 0.1) is 11.3 Å². The highest BCUT2D eigenvalue weighted by atomic mass is 127. The lowest BCUT2D eigenvalue weighted by Crippen LogP contribution is -2.41. The Bertz CT molecular complexity index is 289. The molecule has 0 spiro atoms. The van der Waals surface area contributed by atoms with Crippen molar-refractivity contribution < 1.29 is 4.74 Å². The van der Waals surface area contributed by atoms with Gasteiger partial charge in [0, 0.05) is 19.7 Å². The van der Waals surface area contributed by atoms with E-state index in [1.807, 2.05) is 6.92 Å². The second-order valence-corrected chi connectivity index (χ2v) is 6.53. The molecule has 0 radical (unpaired) electrons. The molecule has 1 fully saturated rings. The molecule has 0 heterocycles. The third-order valence-corrected chi connectivity index (χ3v) is 4.18. The molecule has 1 aliphatic carbocycles. The summed E-state index contributed by atoms with van der Waals surface area (Å²) in [5.41, 5.74) is 6.17. The second-order valence-electron chi connectivity index (χ2n) is 6.53. The zero-order chi connectivity index (χ0) is 14.3. The van der Waals surface area contributed by atoms with E-state index < -0.39 is 0 Å². The molecular weight excluding hydrogens is 365 g/mol. The van der Waals surface area contributed by atoms with Gasteiger partial charge < -0.3 is 15.8 Å². The third kappa shape index (κ3) is 7.11. The lowest BCUT2D eigenvalue weighted by molar-refractivity contribution is 0.166. The van der Waals surface area contributed by atoms with E-state index in [1.54, 1.807) is 7.11 Å². The smallest absolute Gasteiger partial charge is 0.188 e. The maximum Gasteiger partial charge on any atom is 0.188 e. The SMILES string of the molecule is COCC(C)NC(N)=NCC(C)(C)C1CCCCC1.I. The summed E-state index contributed by atoms with van der Waals surface area (Å²) in [7, 11) is 1.69. The van der Waals surface area contributed by atoms with Crippen molar-refractivity contribution in [1.29, 1.82) is 0 Å². The zero-order valence-corrected chi connectivity index (χ0v) is 15.8. The van der Waals surface area contributed by atoms with E-state index in [4.69, 9.17) is 10.5 Å². The predicted molar refractivity (Wildman–Crippen MR) is 96.7 cm³/mol. The van der Waals surface area contributed by atoms with Gasteiger partial charge in [-0.05, 0) is 31.1 Å². The fourth-order valence-corrected chi connectivity index (χ4v) is 2.89. The number of aliphatic imine (C=N–C) groups is 1. The van der Waals surface area contributed by atoms with Crippen LogP contribution in [-0.4, -0.2) is 32.3 Å². The van der Waals surface area contributed by atoms with Gasteiger partial charge in [0.15, 0.2) is 5.96 Å². The molecule has 1 rings (SSSR count). The van der Waals surface area contributed by atoms with E-state index >= 15 is 0 Å². The van der Waals surface area contributed by atoms with Gasteiger partial charge in [0.05, 0.1) is 6.61 Å². The van der Waals surface area contributed by atoms with Crippen LogP contribution < -0.4 is 11.1 Å². The summed E-state index contributed by atoms with van der Waals surface area (Å²) < 4.78 is 5.07. The molecule has 0 aromatic rings. The van der Waals surface area contributed by atoms with Crippen molar-refractivity contribution in [2.45, 2.75) is 58.9 Å². The van der Waals surface area contributed by atoms with Crippen molar-refractivity contribution in [3.05, 3.63) is 0 Å². The van der Waals surface area contributed by atoms with Crippen molar-refractivity contribution in [3.8, 4) is 0 Å². The normalized spacial score (nSPS) is 19.3. The first kappa shape index (κ1) is 20.0. The molecule has 3 N–H and O–H groups in total. The summed E-state index contributed by atoms with van der Waals surface area (Å²) in [6, 6.07) is 0.201. The molecule has 0 bridgehead atoms. The fraction of sp³-hybridized carbons (Fsp3) is 0.933. The number of hydrogen-bond acceptors (Lipinski definition) is 2. The van der Waals surface area contributed by atoms with Gasteiger partial charge in [-0.15, -0.1) is 24.0 Å². The first-order chi connectivity index (χ1) is 8.95. The largest absolute Gasteiger partial charge is 0.383 e. The zero-order valence-electron chi connectivity index (χ0n) is 13.4. The maximum absolute atomic E-state index is 5.92. The average Bonchev–Trinajstić information content (AvgIpc) is 2.38. The Morgan fingerprint density at radius 2 is 1.95 bits per heavy atom. The summed E-state index contributed by atoms with van der Waals surface area (Å²) >= 11 is 0. The predicted octanol–water partition coefficient (Wildman–Crippen LogP) is 3.15. The lowest BCUT2D eigenvalue weighted by atomic mass is 9.71. The number of guanidine groups is 1. The van der Waals surface area contributed by atoms with Crippen LogP contribution in [0.15, 0.2) is 4.99 Å². The molecule has 0 aliphatic heterocycles. The molecule has 0 aromatic heterocycles. The molecule has 1 aliphatic rings. The molecular formula is C15H32IN3O. The highest BCUT2D eigenvalue weighted by Crippen LogP contribution is 2.38. The number of nitrogens with one attached hydrogen (secondary N) is 1. The first-order valence-electron chi connectivity index (χ1n) is 7.51. The molecule has 0 aromatic carbocycles. The van der Waals surface area contributed by atoms with Gasteiger partial charge >= 0.3 is 0 Å². The monoisotopic (exact) mass is 397 g/mol. The summed E-state index contributed by atoms with van der Waals surface area (Å²) in [6.07, 6.45) is 6.83. The van der Waals surface area contributed by atoms with Crippen molar-refractivity contribution in [2.75, 3.05) is 20.3 Å². The fourth-order valence-electron chi connectivity index (χ4n) is 2.89. The molecule has 0 amide bonds. The van der Waals surface area contributed by atoms with Crippen LogP contribution in [0.25, 0.3) is 0 Å². The third-order valence-electron chi connectivity index (χ3n) is 4.18. The summed E-state index contributed by atoms with van der Waals surface area (Å²) in [6.45, 7) is 8.12. The molecule has 0 saturated heterocycles. The van der Waals surface area contributed by atoms with Crippen molar-refractivity contribution in [1.82, 2.24) is 5.32 Å². The number of rotatable bonds is 6. The number of methoxy groups -OCH3 is 1. The second kappa shape index (κ2) is 9.82. The van der Waals surface area contributed by atoms with Crippen LogP contribution in [0.1, 0.15) is 52.9 Å². The standard InChI is InChI=1S/C15H31N3O.HI/c1-12(10-19-4)18-14(16)17-11-15(2,3)13-8-6-5-7-9-13;/h12-13H,5-11H2,1-4H3,(H3,16,17,18);1H. The summed E-state index contributed by atoms with van der Waals surface area (Å²) in [4.78, 5) is 4.52. The minimum atomic E-state index is 0. The summed E-state index contributed by atoms with van der Waals surface area (Å²) in [5, 5.41) is 3.16. The van der Waals surface area contributed by atoms with Crippen molar-refractivity contribution in [3.63, 3.8) is 0 Å². The number of ether oxygens (including phenoxy) is 1. The van der Waals surface area contributed by atoms with Crippen LogP contribution in [0.4, 0.5) is 0 Å². The Morgan fingerprint density at radius 1 is 1.35 bits per heavy atom. The van der Waals surface area contributed by atoms with E-state index in [0.29, 0.717) is 12.6 Å². The minimum absolute atomic E-state index is 0. The Morgan fingerprint density at radius 3 is 2.50 bits per heavy atom. The maximum atomic E-state index is 5.92. The van der Waals surface area contributed by atoms with Gasteiger partial charge in [-0.25, -0.2) is 0 Å². The topological polar surface area (TPSA) is 59.6 Å². The molecule has 20 heavy (non-hydrogen) atoms. The van der Waals surface area contributed by atoms with Crippen molar-refractivity contribution in [2.24, 2.45) is 22.1 Å². The first-order valence-corrected chi connectivity index (χ1v) is 7.51. The summed E-state index contributed by atoms with van der Waals surface area (Å²) in [5.74, 6) is 1.32. The highest BCUT2D eigenvalue weighted by Gasteiger charge is 2.30. The quantitative estimate of drug-likeness (QED) is 0.411. The van der Waals surface area contributed by atoms with E-state index in [2.05, 4.69) is 24.2 Å². The lowest BCUT2D eigenvalue weighted by Gasteiger charge is -2.36. The molecule has 4 nitrogen and oxygen atoms in total. The molecule has 1 atom stereocenters. The van der Waals surface area contributed by atoms with Crippen LogP contribution in [0.2, 0.25) is 0 Å². The highest BCUT2D eigenvalue weighted by molar-refractivity contribution is 14.0. The Kier molecular flexibility index (Phi) is 9.80. The van der Waals surface area contributed by atoms with Gasteiger partial charge in [0.1, 0.15) is 0 Å². The number of halogens is 1.